The van der Waals surface area contributed by atoms with Gasteiger partial charge in [0.1, 0.15) is 11.8 Å². The number of benzene rings is 2. The molecule has 0 aliphatic rings. The Morgan fingerprint density at radius 2 is 1.80 bits per heavy atom. The van der Waals surface area contributed by atoms with E-state index >= 15 is 0 Å². The molecule has 0 aliphatic carbocycles. The van der Waals surface area contributed by atoms with Gasteiger partial charge in [-0.1, -0.05) is 57.2 Å². The van der Waals surface area contributed by atoms with Crippen LogP contribution in [0.5, 0.6) is 5.75 Å². The Morgan fingerprint density at radius 3 is 2.40 bits per heavy atom. The second-order valence-electron chi connectivity index (χ2n) is 7.13. The summed E-state index contributed by atoms with van der Waals surface area (Å²) < 4.78 is 6.62. The molecule has 1 atom stereocenters. The first kappa shape index (κ1) is 23.9. The highest BCUT2D eigenvalue weighted by Crippen LogP contribution is 2.26. The number of hydrogen-bond donors (Lipinski definition) is 1. The van der Waals surface area contributed by atoms with Crippen molar-refractivity contribution in [1.29, 1.82) is 0 Å². The minimum Gasteiger partial charge on any atom is -0.483 e. The first-order chi connectivity index (χ1) is 14.5. The Morgan fingerprint density at radius 1 is 1.07 bits per heavy atom. The molecule has 0 aliphatic heterocycles. The minimum atomic E-state index is -0.543. The lowest BCUT2D eigenvalue weighted by Gasteiger charge is -2.30. The van der Waals surface area contributed by atoms with Gasteiger partial charge in [0.25, 0.3) is 5.91 Å². The molecule has 0 spiro atoms. The second kappa shape index (κ2) is 12.4. The summed E-state index contributed by atoms with van der Waals surface area (Å²) in [6.07, 6.45) is 2.30. The third-order valence-electron chi connectivity index (χ3n) is 4.89. The van der Waals surface area contributed by atoms with Gasteiger partial charge in [0.2, 0.25) is 5.91 Å². The summed E-state index contributed by atoms with van der Waals surface area (Å²) in [7, 11) is 0. The van der Waals surface area contributed by atoms with E-state index in [0.717, 1.165) is 22.9 Å². The van der Waals surface area contributed by atoms with Gasteiger partial charge in [-0.05, 0) is 58.5 Å². The second-order valence-corrected chi connectivity index (χ2v) is 7.98. The Hall–Kier alpha value is -2.34. The number of halogens is 1. The van der Waals surface area contributed by atoms with E-state index in [2.05, 4.69) is 28.2 Å². The van der Waals surface area contributed by atoms with Crippen LogP contribution in [-0.2, 0) is 22.6 Å². The van der Waals surface area contributed by atoms with Crippen LogP contribution in [0.3, 0.4) is 0 Å². The van der Waals surface area contributed by atoms with Crippen molar-refractivity contribution in [1.82, 2.24) is 10.2 Å². The zero-order valence-electron chi connectivity index (χ0n) is 18.0. The maximum atomic E-state index is 13.1. The summed E-state index contributed by atoms with van der Waals surface area (Å²) in [5.74, 6) is 0.268. The fourth-order valence-electron chi connectivity index (χ4n) is 3.17. The van der Waals surface area contributed by atoms with Crippen LogP contribution < -0.4 is 10.1 Å². The van der Waals surface area contributed by atoms with Crippen molar-refractivity contribution in [2.75, 3.05) is 13.2 Å². The van der Waals surface area contributed by atoms with E-state index in [-0.39, 0.29) is 18.4 Å². The van der Waals surface area contributed by atoms with Crippen molar-refractivity contribution in [3.05, 3.63) is 64.1 Å². The highest BCUT2D eigenvalue weighted by atomic mass is 79.9. The number of carbonyl (C=O) groups is 2. The fourth-order valence-corrected chi connectivity index (χ4v) is 3.71. The maximum absolute atomic E-state index is 13.1. The Labute approximate surface area is 187 Å². The predicted molar refractivity (Wildman–Crippen MR) is 123 cm³/mol. The van der Waals surface area contributed by atoms with Gasteiger partial charge < -0.3 is 15.0 Å². The van der Waals surface area contributed by atoms with Gasteiger partial charge in [0.15, 0.2) is 6.61 Å². The normalized spacial score (nSPS) is 11.6. The number of hydrogen-bond acceptors (Lipinski definition) is 3. The summed E-state index contributed by atoms with van der Waals surface area (Å²) in [6.45, 7) is 6.83. The lowest BCUT2D eigenvalue weighted by Crippen LogP contribution is -2.50. The van der Waals surface area contributed by atoms with Gasteiger partial charge in [-0.15, -0.1) is 0 Å². The van der Waals surface area contributed by atoms with Crippen molar-refractivity contribution < 1.29 is 14.3 Å². The van der Waals surface area contributed by atoms with Crippen LogP contribution in [0.4, 0.5) is 0 Å². The number of rotatable bonds is 11. The van der Waals surface area contributed by atoms with Gasteiger partial charge in [-0.25, -0.2) is 0 Å². The van der Waals surface area contributed by atoms with Gasteiger partial charge >= 0.3 is 0 Å². The van der Waals surface area contributed by atoms with Crippen molar-refractivity contribution in [3.8, 4) is 5.75 Å². The molecule has 0 unspecified atom stereocenters. The van der Waals surface area contributed by atoms with E-state index in [0.29, 0.717) is 25.3 Å². The first-order valence-corrected chi connectivity index (χ1v) is 11.3. The zero-order valence-corrected chi connectivity index (χ0v) is 19.6. The molecule has 0 radical (unpaired) electrons. The van der Waals surface area contributed by atoms with Crippen molar-refractivity contribution >= 4 is 27.7 Å². The van der Waals surface area contributed by atoms with Crippen LogP contribution in [0, 0.1) is 0 Å². The number of nitrogens with zero attached hydrogens (tertiary/aromatic N) is 1. The predicted octanol–water partition coefficient (Wildman–Crippen LogP) is 4.72. The molecule has 2 aromatic rings. The monoisotopic (exact) mass is 474 g/mol. The molecular formula is C24H31BrN2O3. The van der Waals surface area contributed by atoms with Crippen LogP contribution in [-0.4, -0.2) is 35.9 Å². The van der Waals surface area contributed by atoms with Crippen LogP contribution in [0.25, 0.3) is 0 Å². The molecule has 162 valence electrons. The van der Waals surface area contributed by atoms with Crippen LogP contribution >= 0.6 is 15.9 Å². The topological polar surface area (TPSA) is 58.6 Å². The standard InChI is InChI=1S/C24H31BrN2O3/c1-4-14-26-24(29)21(6-3)27(16-19-10-8-7-9-11-19)23(28)17-30-22-13-12-18(5-2)15-20(22)25/h7-13,15,21H,4-6,14,16-17H2,1-3H3,(H,26,29)/t21-/m1/s1. The van der Waals surface area contributed by atoms with Gasteiger partial charge in [0, 0.05) is 13.1 Å². The van der Waals surface area contributed by atoms with E-state index in [1.54, 1.807) is 4.90 Å². The zero-order chi connectivity index (χ0) is 21.9. The Bertz CT molecular complexity index is 826. The smallest absolute Gasteiger partial charge is 0.261 e. The molecule has 30 heavy (non-hydrogen) atoms. The minimum absolute atomic E-state index is 0.128. The molecule has 2 amide bonds. The maximum Gasteiger partial charge on any atom is 0.261 e. The molecule has 2 rings (SSSR count). The Kier molecular flexibility index (Phi) is 9.87. The molecular weight excluding hydrogens is 444 g/mol. The summed E-state index contributed by atoms with van der Waals surface area (Å²) in [5, 5.41) is 2.92. The summed E-state index contributed by atoms with van der Waals surface area (Å²) in [5.41, 5.74) is 2.16. The molecule has 6 heteroatoms. The number of ether oxygens (including phenoxy) is 1. The molecule has 0 fully saturated rings. The molecule has 0 saturated heterocycles. The van der Waals surface area contributed by atoms with Crippen molar-refractivity contribution in [2.45, 2.75) is 52.6 Å². The summed E-state index contributed by atoms with van der Waals surface area (Å²) in [4.78, 5) is 27.5. The molecule has 5 nitrogen and oxygen atoms in total. The summed E-state index contributed by atoms with van der Waals surface area (Å²) >= 11 is 3.51. The molecule has 0 saturated carbocycles. The summed E-state index contributed by atoms with van der Waals surface area (Å²) in [6, 6.07) is 15.0. The largest absolute Gasteiger partial charge is 0.483 e. The van der Waals surface area contributed by atoms with Crippen LogP contribution in [0.15, 0.2) is 53.0 Å². The molecule has 0 heterocycles. The first-order valence-electron chi connectivity index (χ1n) is 10.5. The average Bonchev–Trinajstić information content (AvgIpc) is 2.77. The number of carbonyl (C=O) groups excluding carboxylic acids is 2. The SMILES string of the molecule is CCCNC(=O)[C@@H](CC)N(Cc1ccccc1)C(=O)COc1ccc(CC)cc1Br. The highest BCUT2D eigenvalue weighted by molar-refractivity contribution is 9.10. The lowest BCUT2D eigenvalue weighted by atomic mass is 10.1. The third kappa shape index (κ3) is 6.87. The van der Waals surface area contributed by atoms with E-state index in [1.165, 1.54) is 5.56 Å². The molecule has 2 aromatic carbocycles. The van der Waals surface area contributed by atoms with Crippen LogP contribution in [0.1, 0.15) is 44.7 Å². The van der Waals surface area contributed by atoms with Crippen molar-refractivity contribution in [2.24, 2.45) is 0 Å². The number of nitrogens with one attached hydrogen (secondary N) is 1. The fraction of sp³-hybridized carbons (Fsp3) is 0.417. The van der Waals surface area contributed by atoms with Crippen LogP contribution in [0.2, 0.25) is 0 Å². The third-order valence-corrected chi connectivity index (χ3v) is 5.51. The molecule has 0 bridgehead atoms. The number of aryl methyl sites for hydroxylation is 1. The van der Waals surface area contributed by atoms with E-state index < -0.39 is 6.04 Å². The van der Waals surface area contributed by atoms with E-state index in [1.807, 2.05) is 62.4 Å². The average molecular weight is 475 g/mol. The molecule has 0 aromatic heterocycles. The van der Waals surface area contributed by atoms with Gasteiger partial charge in [-0.3, -0.25) is 9.59 Å². The van der Waals surface area contributed by atoms with Gasteiger partial charge in [0.05, 0.1) is 4.47 Å². The Balaban J connectivity index is 2.17. The van der Waals surface area contributed by atoms with Gasteiger partial charge in [-0.2, -0.15) is 0 Å². The quantitative estimate of drug-likeness (QED) is 0.512. The van der Waals surface area contributed by atoms with E-state index in [4.69, 9.17) is 4.74 Å². The lowest BCUT2D eigenvalue weighted by molar-refractivity contribution is -0.143. The van der Waals surface area contributed by atoms with E-state index in [9.17, 15) is 9.59 Å². The molecule has 1 N–H and O–H groups in total. The highest BCUT2D eigenvalue weighted by Gasteiger charge is 2.28. The number of amides is 2. The van der Waals surface area contributed by atoms with Crippen molar-refractivity contribution in [3.63, 3.8) is 0 Å².